The lowest BCUT2D eigenvalue weighted by Gasteiger charge is -2.08. The van der Waals surface area contributed by atoms with E-state index in [9.17, 15) is 0 Å². The van der Waals surface area contributed by atoms with Gasteiger partial charge in [0.15, 0.2) is 0 Å². The van der Waals surface area contributed by atoms with Crippen molar-refractivity contribution in [2.45, 2.75) is 26.4 Å². The zero-order valence-corrected chi connectivity index (χ0v) is 12.8. The molecule has 0 radical (unpaired) electrons. The highest BCUT2D eigenvalue weighted by Crippen LogP contribution is 2.24. The van der Waals surface area contributed by atoms with E-state index in [2.05, 4.69) is 39.5 Å². The van der Waals surface area contributed by atoms with E-state index < -0.39 is 0 Å². The summed E-state index contributed by atoms with van der Waals surface area (Å²) in [5.74, 6) is 0.832. The molecule has 2 rings (SSSR count). The third-order valence-corrected chi connectivity index (χ3v) is 3.20. The summed E-state index contributed by atoms with van der Waals surface area (Å²) in [6, 6.07) is 5.94. The van der Waals surface area contributed by atoms with E-state index in [4.69, 9.17) is 4.74 Å². The maximum Gasteiger partial charge on any atom is 0.122 e. The lowest BCUT2D eigenvalue weighted by Crippen LogP contribution is -1.99. The van der Waals surface area contributed by atoms with Gasteiger partial charge in [0.1, 0.15) is 5.75 Å². The number of aromatic nitrogens is 2. The van der Waals surface area contributed by atoms with E-state index in [1.54, 1.807) is 7.11 Å². The van der Waals surface area contributed by atoms with Gasteiger partial charge in [-0.3, -0.25) is 4.68 Å². The first-order valence-corrected chi connectivity index (χ1v) is 7.10. The van der Waals surface area contributed by atoms with Crippen LogP contribution in [0.2, 0.25) is 0 Å². The molecule has 0 aliphatic rings. The Hall–Kier alpha value is -1.49. The molecule has 1 aromatic carbocycles. The number of nitrogens with one attached hydrogen (secondary N) is 1. The summed E-state index contributed by atoms with van der Waals surface area (Å²) in [6.07, 6.45) is 5.07. The molecule has 5 heteroatoms. The van der Waals surface area contributed by atoms with Gasteiger partial charge in [-0.1, -0.05) is 22.9 Å². The van der Waals surface area contributed by atoms with Crippen LogP contribution >= 0.6 is 15.9 Å². The van der Waals surface area contributed by atoms with Crippen molar-refractivity contribution < 1.29 is 4.74 Å². The van der Waals surface area contributed by atoms with Gasteiger partial charge >= 0.3 is 0 Å². The average Bonchev–Trinajstić information content (AvgIpc) is 2.84. The molecular formula is C14H18BrN3O. The number of rotatable bonds is 6. The zero-order valence-electron chi connectivity index (χ0n) is 11.2. The van der Waals surface area contributed by atoms with Gasteiger partial charge in [0.05, 0.1) is 13.3 Å². The van der Waals surface area contributed by atoms with Crippen LogP contribution < -0.4 is 10.1 Å². The number of benzene rings is 1. The maximum atomic E-state index is 5.24. The fourth-order valence-corrected chi connectivity index (χ4v) is 2.31. The lowest BCUT2D eigenvalue weighted by atomic mass is 10.3. The van der Waals surface area contributed by atoms with Crippen molar-refractivity contribution in [3.05, 3.63) is 40.6 Å². The standard InChI is InChI=1S/C14H18BrN3O/c1-3-4-18-10-11(9-17-18)8-16-13-5-12(15)6-14(7-13)19-2/h5-7,9-10,16H,3-4,8H2,1-2H3. The minimum absolute atomic E-state index is 0.753. The molecule has 0 fully saturated rings. The summed E-state index contributed by atoms with van der Waals surface area (Å²) in [5.41, 5.74) is 2.20. The van der Waals surface area contributed by atoms with Gasteiger partial charge in [-0.05, 0) is 18.6 Å². The van der Waals surface area contributed by atoms with Crippen molar-refractivity contribution in [1.29, 1.82) is 0 Å². The van der Waals surface area contributed by atoms with Crippen LogP contribution in [0.5, 0.6) is 5.75 Å². The van der Waals surface area contributed by atoms with Crippen molar-refractivity contribution in [1.82, 2.24) is 9.78 Å². The van der Waals surface area contributed by atoms with E-state index in [0.717, 1.165) is 35.4 Å². The third kappa shape index (κ3) is 3.99. The van der Waals surface area contributed by atoms with Gasteiger partial charge in [0, 0.05) is 41.1 Å². The van der Waals surface area contributed by atoms with Crippen LogP contribution in [-0.4, -0.2) is 16.9 Å². The molecule has 0 saturated carbocycles. The van der Waals surface area contributed by atoms with Crippen LogP contribution in [0.25, 0.3) is 0 Å². The van der Waals surface area contributed by atoms with E-state index in [1.807, 2.05) is 29.1 Å². The van der Waals surface area contributed by atoms with Gasteiger partial charge < -0.3 is 10.1 Å². The Bertz CT molecular complexity index is 539. The van der Waals surface area contributed by atoms with Crippen molar-refractivity contribution in [3.63, 3.8) is 0 Å². The van der Waals surface area contributed by atoms with Gasteiger partial charge in [0.2, 0.25) is 0 Å². The predicted molar refractivity (Wildman–Crippen MR) is 80.5 cm³/mol. The molecule has 2 aromatic rings. The Morgan fingerprint density at radius 3 is 2.95 bits per heavy atom. The topological polar surface area (TPSA) is 39.1 Å². The third-order valence-electron chi connectivity index (χ3n) is 2.74. The number of anilines is 1. The molecule has 0 bridgehead atoms. The van der Waals surface area contributed by atoms with E-state index in [0.29, 0.717) is 0 Å². The molecule has 19 heavy (non-hydrogen) atoms. The molecule has 0 amide bonds. The van der Waals surface area contributed by atoms with Crippen molar-refractivity contribution in [2.24, 2.45) is 0 Å². The van der Waals surface area contributed by atoms with Gasteiger partial charge in [-0.25, -0.2) is 0 Å². The molecule has 1 heterocycles. The Kier molecular flexibility index (Phi) is 4.85. The van der Waals surface area contributed by atoms with Gasteiger partial charge in [-0.15, -0.1) is 0 Å². The average molecular weight is 324 g/mol. The van der Waals surface area contributed by atoms with Crippen LogP contribution in [0.1, 0.15) is 18.9 Å². The largest absolute Gasteiger partial charge is 0.497 e. The number of halogens is 1. The van der Waals surface area contributed by atoms with Crippen LogP contribution in [0.4, 0.5) is 5.69 Å². The molecule has 1 N–H and O–H groups in total. The van der Waals surface area contributed by atoms with Crippen molar-refractivity contribution in [3.8, 4) is 5.75 Å². The monoisotopic (exact) mass is 323 g/mol. The number of hydrogen-bond acceptors (Lipinski definition) is 3. The summed E-state index contributed by atoms with van der Waals surface area (Å²) in [5, 5.41) is 7.68. The molecule has 102 valence electrons. The quantitative estimate of drug-likeness (QED) is 0.881. The second kappa shape index (κ2) is 6.61. The number of ether oxygens (including phenoxy) is 1. The summed E-state index contributed by atoms with van der Waals surface area (Å²) in [4.78, 5) is 0. The number of aryl methyl sites for hydroxylation is 1. The van der Waals surface area contributed by atoms with Crippen LogP contribution in [0, 0.1) is 0 Å². The Labute approximate surface area is 121 Å². The normalized spacial score (nSPS) is 10.5. The first-order valence-electron chi connectivity index (χ1n) is 6.31. The molecule has 0 unspecified atom stereocenters. The summed E-state index contributed by atoms with van der Waals surface area (Å²) in [6.45, 7) is 3.86. The highest BCUT2D eigenvalue weighted by Gasteiger charge is 2.01. The molecule has 1 aromatic heterocycles. The number of methoxy groups -OCH3 is 1. The number of hydrogen-bond donors (Lipinski definition) is 1. The lowest BCUT2D eigenvalue weighted by molar-refractivity contribution is 0.414. The molecule has 0 aliphatic carbocycles. The molecule has 0 atom stereocenters. The number of nitrogens with zero attached hydrogens (tertiary/aromatic N) is 2. The van der Waals surface area contributed by atoms with Crippen molar-refractivity contribution in [2.75, 3.05) is 12.4 Å². The van der Waals surface area contributed by atoms with Crippen molar-refractivity contribution >= 4 is 21.6 Å². The molecule has 0 aliphatic heterocycles. The molecule has 4 nitrogen and oxygen atoms in total. The molecule has 0 saturated heterocycles. The van der Waals surface area contributed by atoms with E-state index in [-0.39, 0.29) is 0 Å². The second-order valence-electron chi connectivity index (χ2n) is 4.34. The predicted octanol–water partition coefficient (Wildman–Crippen LogP) is 3.68. The van der Waals surface area contributed by atoms with Gasteiger partial charge in [-0.2, -0.15) is 5.10 Å². The maximum absolute atomic E-state index is 5.24. The minimum Gasteiger partial charge on any atom is -0.497 e. The smallest absolute Gasteiger partial charge is 0.122 e. The van der Waals surface area contributed by atoms with E-state index in [1.165, 1.54) is 5.56 Å². The Balaban J connectivity index is 1.99. The Morgan fingerprint density at radius 2 is 2.21 bits per heavy atom. The fraction of sp³-hybridized carbons (Fsp3) is 0.357. The molecular weight excluding hydrogens is 306 g/mol. The summed E-state index contributed by atoms with van der Waals surface area (Å²) in [7, 11) is 1.67. The SMILES string of the molecule is CCCn1cc(CNc2cc(Br)cc(OC)c2)cn1. The molecule has 0 spiro atoms. The van der Waals surface area contributed by atoms with Gasteiger partial charge in [0.25, 0.3) is 0 Å². The Morgan fingerprint density at radius 1 is 1.37 bits per heavy atom. The fourth-order valence-electron chi connectivity index (χ4n) is 1.84. The summed E-state index contributed by atoms with van der Waals surface area (Å²) < 4.78 is 8.20. The summed E-state index contributed by atoms with van der Waals surface area (Å²) >= 11 is 3.47. The first-order chi connectivity index (χ1) is 9.21. The van der Waals surface area contributed by atoms with Crippen LogP contribution in [0.15, 0.2) is 35.1 Å². The van der Waals surface area contributed by atoms with Crippen LogP contribution in [-0.2, 0) is 13.1 Å². The first kappa shape index (κ1) is 13.9. The minimum atomic E-state index is 0.753. The highest BCUT2D eigenvalue weighted by molar-refractivity contribution is 9.10. The van der Waals surface area contributed by atoms with Crippen LogP contribution in [0.3, 0.4) is 0 Å². The zero-order chi connectivity index (χ0) is 13.7. The van der Waals surface area contributed by atoms with E-state index >= 15 is 0 Å². The highest BCUT2D eigenvalue weighted by atomic mass is 79.9. The second-order valence-corrected chi connectivity index (χ2v) is 5.26.